The molecule has 3 N–H and O–H groups in total. The topological polar surface area (TPSA) is 83.4 Å². The zero-order valence-electron chi connectivity index (χ0n) is 11.1. The number of nitrogens with one attached hydrogen (secondary N) is 3. The lowest BCUT2D eigenvalue weighted by Crippen LogP contribution is -2.41. The molecule has 0 saturated carbocycles. The SMILES string of the molecule is O=C(CNc1ccc(Br)cc1)NC(=O)NCc1ccco1. The monoisotopic (exact) mass is 351 g/mol. The molecule has 0 fully saturated rings. The number of imide groups is 1. The lowest BCUT2D eigenvalue weighted by atomic mass is 10.3. The van der Waals surface area contributed by atoms with Crippen molar-refractivity contribution in [2.75, 3.05) is 11.9 Å². The van der Waals surface area contributed by atoms with Crippen LogP contribution in [-0.2, 0) is 11.3 Å². The second-order valence-corrected chi connectivity index (χ2v) is 5.09. The molecule has 110 valence electrons. The molecule has 1 heterocycles. The van der Waals surface area contributed by atoms with Gasteiger partial charge in [-0.05, 0) is 36.4 Å². The molecule has 2 aromatic rings. The van der Waals surface area contributed by atoms with Crippen LogP contribution in [0.25, 0.3) is 0 Å². The van der Waals surface area contributed by atoms with Crippen molar-refractivity contribution in [3.05, 3.63) is 52.9 Å². The minimum absolute atomic E-state index is 0.00973. The second-order valence-electron chi connectivity index (χ2n) is 4.17. The molecule has 6 nitrogen and oxygen atoms in total. The van der Waals surface area contributed by atoms with Crippen LogP contribution >= 0.6 is 15.9 Å². The van der Waals surface area contributed by atoms with E-state index in [1.165, 1.54) is 6.26 Å². The molecule has 21 heavy (non-hydrogen) atoms. The van der Waals surface area contributed by atoms with Gasteiger partial charge in [-0.2, -0.15) is 0 Å². The number of furan rings is 1. The molecule has 0 aliphatic rings. The van der Waals surface area contributed by atoms with Crippen molar-refractivity contribution in [1.82, 2.24) is 10.6 Å². The Morgan fingerprint density at radius 2 is 1.90 bits per heavy atom. The van der Waals surface area contributed by atoms with Crippen molar-refractivity contribution >= 4 is 33.6 Å². The van der Waals surface area contributed by atoms with Gasteiger partial charge < -0.3 is 15.1 Å². The van der Waals surface area contributed by atoms with Crippen molar-refractivity contribution in [2.45, 2.75) is 6.54 Å². The van der Waals surface area contributed by atoms with E-state index < -0.39 is 11.9 Å². The molecule has 1 aromatic carbocycles. The lowest BCUT2D eigenvalue weighted by molar-refractivity contribution is -0.118. The van der Waals surface area contributed by atoms with Crippen LogP contribution in [0, 0.1) is 0 Å². The van der Waals surface area contributed by atoms with Gasteiger partial charge >= 0.3 is 6.03 Å². The highest BCUT2D eigenvalue weighted by Gasteiger charge is 2.07. The molecule has 0 atom stereocenters. The first kappa shape index (κ1) is 15.1. The third kappa shape index (κ3) is 5.31. The highest BCUT2D eigenvalue weighted by molar-refractivity contribution is 9.10. The number of halogens is 1. The predicted octanol–water partition coefficient (Wildman–Crippen LogP) is 2.48. The minimum Gasteiger partial charge on any atom is -0.467 e. The predicted molar refractivity (Wildman–Crippen MR) is 81.7 cm³/mol. The number of carbonyl (C=O) groups is 2. The van der Waals surface area contributed by atoms with Gasteiger partial charge in [0.1, 0.15) is 5.76 Å². The summed E-state index contributed by atoms with van der Waals surface area (Å²) in [5, 5.41) is 7.66. The second kappa shape index (κ2) is 7.49. The number of urea groups is 1. The third-order valence-corrected chi connectivity index (χ3v) is 3.08. The average Bonchev–Trinajstić information content (AvgIpc) is 2.98. The first-order chi connectivity index (χ1) is 10.1. The highest BCUT2D eigenvalue weighted by Crippen LogP contribution is 2.13. The fraction of sp³-hybridized carbons (Fsp3) is 0.143. The summed E-state index contributed by atoms with van der Waals surface area (Å²) in [6.07, 6.45) is 1.52. The van der Waals surface area contributed by atoms with Gasteiger partial charge in [0.25, 0.3) is 0 Å². The van der Waals surface area contributed by atoms with E-state index >= 15 is 0 Å². The lowest BCUT2D eigenvalue weighted by Gasteiger charge is -2.07. The molecule has 0 spiro atoms. The van der Waals surface area contributed by atoms with Crippen LogP contribution in [0.2, 0.25) is 0 Å². The van der Waals surface area contributed by atoms with Crippen LogP contribution in [0.15, 0.2) is 51.6 Å². The maximum atomic E-state index is 11.6. The molecule has 1 aromatic heterocycles. The Kier molecular flexibility index (Phi) is 5.39. The molecule has 0 bridgehead atoms. The third-order valence-electron chi connectivity index (χ3n) is 2.55. The van der Waals surface area contributed by atoms with Gasteiger partial charge in [-0.15, -0.1) is 0 Å². The molecule has 0 saturated heterocycles. The number of amides is 3. The zero-order chi connectivity index (χ0) is 15.1. The van der Waals surface area contributed by atoms with E-state index in [2.05, 4.69) is 31.9 Å². The van der Waals surface area contributed by atoms with Gasteiger partial charge in [0.05, 0.1) is 19.4 Å². The van der Waals surface area contributed by atoms with Gasteiger partial charge in [0, 0.05) is 10.2 Å². The van der Waals surface area contributed by atoms with Crippen LogP contribution in [0.5, 0.6) is 0 Å². The van der Waals surface area contributed by atoms with Crippen LogP contribution in [0.4, 0.5) is 10.5 Å². The highest BCUT2D eigenvalue weighted by atomic mass is 79.9. The van der Waals surface area contributed by atoms with Crippen molar-refractivity contribution in [3.63, 3.8) is 0 Å². The van der Waals surface area contributed by atoms with Gasteiger partial charge in [-0.3, -0.25) is 10.1 Å². The van der Waals surface area contributed by atoms with E-state index in [1.807, 2.05) is 24.3 Å². The molecule has 0 radical (unpaired) electrons. The molecular weight excluding hydrogens is 338 g/mol. The summed E-state index contributed by atoms with van der Waals surface area (Å²) in [5.41, 5.74) is 0.796. The number of carbonyl (C=O) groups excluding carboxylic acids is 2. The van der Waals surface area contributed by atoms with Crippen LogP contribution in [-0.4, -0.2) is 18.5 Å². The van der Waals surface area contributed by atoms with Crippen LogP contribution < -0.4 is 16.0 Å². The summed E-state index contributed by atoms with van der Waals surface area (Å²) in [4.78, 5) is 23.1. The van der Waals surface area contributed by atoms with Gasteiger partial charge in [-0.25, -0.2) is 4.79 Å². The van der Waals surface area contributed by atoms with Crippen LogP contribution in [0.3, 0.4) is 0 Å². The number of anilines is 1. The Morgan fingerprint density at radius 3 is 2.57 bits per heavy atom. The van der Waals surface area contributed by atoms with Crippen molar-refractivity contribution in [3.8, 4) is 0 Å². The van der Waals surface area contributed by atoms with E-state index in [0.717, 1.165) is 10.2 Å². The Hall–Kier alpha value is -2.28. The van der Waals surface area contributed by atoms with Crippen LogP contribution in [0.1, 0.15) is 5.76 Å². The molecule has 0 unspecified atom stereocenters. The summed E-state index contributed by atoms with van der Waals surface area (Å²) in [6, 6.07) is 10.3. The molecule has 2 rings (SSSR count). The van der Waals surface area contributed by atoms with Crippen molar-refractivity contribution in [2.24, 2.45) is 0 Å². The summed E-state index contributed by atoms with van der Waals surface area (Å²) in [6.45, 7) is 0.238. The van der Waals surface area contributed by atoms with Crippen molar-refractivity contribution in [1.29, 1.82) is 0 Å². The standard InChI is InChI=1S/C14H14BrN3O3/c15-10-3-5-11(6-4-10)16-9-13(19)18-14(20)17-8-12-2-1-7-21-12/h1-7,16H,8-9H2,(H2,17,18,19,20). The largest absolute Gasteiger partial charge is 0.467 e. The molecule has 7 heteroatoms. The first-order valence-corrected chi connectivity index (χ1v) is 7.02. The van der Waals surface area contributed by atoms with Gasteiger partial charge in [-0.1, -0.05) is 15.9 Å². The normalized spacial score (nSPS) is 9.95. The number of benzene rings is 1. The summed E-state index contributed by atoms with van der Waals surface area (Å²) in [7, 11) is 0. The summed E-state index contributed by atoms with van der Waals surface area (Å²) in [5.74, 6) is 0.195. The van der Waals surface area contributed by atoms with Gasteiger partial charge in [0.15, 0.2) is 0 Å². The van der Waals surface area contributed by atoms with E-state index in [1.54, 1.807) is 12.1 Å². The number of hydrogen-bond acceptors (Lipinski definition) is 4. The van der Waals surface area contributed by atoms with Gasteiger partial charge in [0.2, 0.25) is 5.91 Å². The maximum absolute atomic E-state index is 11.6. The zero-order valence-corrected chi connectivity index (χ0v) is 12.6. The Morgan fingerprint density at radius 1 is 1.14 bits per heavy atom. The Bertz CT molecular complexity index is 596. The van der Waals surface area contributed by atoms with E-state index in [-0.39, 0.29) is 13.1 Å². The fourth-order valence-electron chi connectivity index (χ4n) is 1.55. The van der Waals surface area contributed by atoms with Crippen molar-refractivity contribution < 1.29 is 14.0 Å². The van der Waals surface area contributed by atoms with E-state index in [9.17, 15) is 9.59 Å². The maximum Gasteiger partial charge on any atom is 0.321 e. The summed E-state index contributed by atoms with van der Waals surface area (Å²) >= 11 is 3.32. The van der Waals surface area contributed by atoms with E-state index in [4.69, 9.17) is 4.42 Å². The number of rotatable bonds is 5. The first-order valence-electron chi connectivity index (χ1n) is 6.23. The molecular formula is C14H14BrN3O3. The smallest absolute Gasteiger partial charge is 0.321 e. The average molecular weight is 352 g/mol. The molecule has 0 aliphatic heterocycles. The molecule has 0 aliphatic carbocycles. The molecule has 3 amide bonds. The minimum atomic E-state index is -0.561. The van der Waals surface area contributed by atoms with E-state index in [0.29, 0.717) is 5.76 Å². The quantitative estimate of drug-likeness (QED) is 0.772. The summed E-state index contributed by atoms with van der Waals surface area (Å²) < 4.78 is 6.01. The Balaban J connectivity index is 1.68. The Labute approximate surface area is 130 Å². The number of hydrogen-bond donors (Lipinski definition) is 3. The fourth-order valence-corrected chi connectivity index (χ4v) is 1.81.